The van der Waals surface area contributed by atoms with Crippen LogP contribution in [-0.2, 0) is 10.0 Å². The van der Waals surface area contributed by atoms with Gasteiger partial charge < -0.3 is 16.0 Å². The molecule has 0 unspecified atom stereocenters. The minimum atomic E-state index is -3.85. The Labute approximate surface area is 245 Å². The molecule has 0 spiro atoms. The van der Waals surface area contributed by atoms with Gasteiger partial charge in [0.1, 0.15) is 5.69 Å². The number of benzene rings is 2. The van der Waals surface area contributed by atoms with Crippen molar-refractivity contribution in [2.75, 3.05) is 24.1 Å². The standard InChI is InChI=1S/C29H26BrN7O3S/c30-24-16-33-29(34-20-7-6-14-36(17-20)28(38)25-13-12-19(31)15-32-25)35-27(24)23-18-37(26-11-5-4-10-22(23)26)41(39,40)21-8-2-1-3-9-21/h1-5,8-13,15-16,18,20H,6-7,14,17,31H2,(H,33,34,35)/t20-/m1/s1. The summed E-state index contributed by atoms with van der Waals surface area (Å²) >= 11 is 3.56. The van der Waals surface area contributed by atoms with Gasteiger partial charge in [-0.15, -0.1) is 0 Å². The Kier molecular flexibility index (Phi) is 7.18. The van der Waals surface area contributed by atoms with Crippen molar-refractivity contribution in [3.05, 3.63) is 95.5 Å². The molecule has 10 nitrogen and oxygen atoms in total. The minimum Gasteiger partial charge on any atom is -0.397 e. The summed E-state index contributed by atoms with van der Waals surface area (Å²) in [6, 6.07) is 18.9. The molecule has 0 radical (unpaired) electrons. The van der Waals surface area contributed by atoms with E-state index in [1.54, 1.807) is 71.9 Å². The topological polar surface area (TPSA) is 136 Å². The maximum Gasteiger partial charge on any atom is 0.272 e. The van der Waals surface area contributed by atoms with Crippen LogP contribution in [0.15, 0.2) is 94.7 Å². The monoisotopic (exact) mass is 631 g/mol. The van der Waals surface area contributed by atoms with E-state index in [9.17, 15) is 13.2 Å². The third-order valence-electron chi connectivity index (χ3n) is 7.02. The highest BCUT2D eigenvalue weighted by molar-refractivity contribution is 9.10. The van der Waals surface area contributed by atoms with Gasteiger partial charge in [0.2, 0.25) is 5.95 Å². The van der Waals surface area contributed by atoms with Gasteiger partial charge in [-0.3, -0.25) is 4.79 Å². The van der Waals surface area contributed by atoms with E-state index in [2.05, 4.69) is 31.2 Å². The molecule has 12 heteroatoms. The zero-order valence-electron chi connectivity index (χ0n) is 21.8. The smallest absolute Gasteiger partial charge is 0.272 e. The maximum absolute atomic E-state index is 13.6. The number of aromatic nitrogens is 4. The Bertz CT molecular complexity index is 1840. The zero-order valence-corrected chi connectivity index (χ0v) is 24.2. The number of nitrogens with two attached hydrogens (primary N) is 1. The Hall–Kier alpha value is -4.29. The van der Waals surface area contributed by atoms with Crippen LogP contribution in [0.25, 0.3) is 22.2 Å². The van der Waals surface area contributed by atoms with Crippen LogP contribution in [0.2, 0.25) is 0 Å². The summed E-state index contributed by atoms with van der Waals surface area (Å²) in [4.78, 5) is 28.4. The quantitative estimate of drug-likeness (QED) is 0.273. The van der Waals surface area contributed by atoms with Crippen LogP contribution in [-0.4, -0.2) is 57.3 Å². The van der Waals surface area contributed by atoms with Crippen LogP contribution >= 0.6 is 15.9 Å². The molecule has 1 aliphatic heterocycles. The zero-order chi connectivity index (χ0) is 28.6. The van der Waals surface area contributed by atoms with E-state index in [4.69, 9.17) is 10.7 Å². The number of amides is 1. The number of hydrogen-bond donors (Lipinski definition) is 2. The third kappa shape index (κ3) is 5.27. The Morgan fingerprint density at radius 3 is 2.56 bits per heavy atom. The van der Waals surface area contributed by atoms with E-state index < -0.39 is 10.0 Å². The number of para-hydroxylation sites is 1. The molecule has 1 fully saturated rings. The molecular weight excluding hydrogens is 606 g/mol. The number of anilines is 2. The van der Waals surface area contributed by atoms with Crippen LogP contribution in [0.5, 0.6) is 0 Å². The fourth-order valence-electron chi connectivity index (χ4n) is 5.02. The predicted molar refractivity (Wildman–Crippen MR) is 161 cm³/mol. The highest BCUT2D eigenvalue weighted by atomic mass is 79.9. The van der Waals surface area contributed by atoms with Gasteiger partial charge in [0, 0.05) is 42.5 Å². The van der Waals surface area contributed by atoms with Gasteiger partial charge in [0.15, 0.2) is 0 Å². The summed E-state index contributed by atoms with van der Waals surface area (Å²) in [5, 5.41) is 4.11. The molecule has 208 valence electrons. The largest absolute Gasteiger partial charge is 0.397 e. The fraction of sp³-hybridized carbons (Fsp3) is 0.172. The molecule has 1 saturated heterocycles. The van der Waals surface area contributed by atoms with Gasteiger partial charge in [0.05, 0.1) is 32.5 Å². The average molecular weight is 633 g/mol. The van der Waals surface area contributed by atoms with Gasteiger partial charge >= 0.3 is 0 Å². The lowest BCUT2D eigenvalue weighted by Crippen LogP contribution is -2.45. The number of pyridine rings is 1. The molecule has 3 aromatic heterocycles. The number of carbonyl (C=O) groups is 1. The van der Waals surface area contributed by atoms with Crippen molar-refractivity contribution in [3.8, 4) is 11.3 Å². The lowest BCUT2D eigenvalue weighted by atomic mass is 10.1. The van der Waals surface area contributed by atoms with Crippen LogP contribution in [0.1, 0.15) is 23.3 Å². The molecular formula is C29H26BrN7O3S. The number of nitrogen functional groups attached to an aromatic ring is 1. The lowest BCUT2D eigenvalue weighted by molar-refractivity contribution is 0.0708. The molecule has 2 aromatic carbocycles. The van der Waals surface area contributed by atoms with E-state index in [1.807, 2.05) is 12.1 Å². The molecule has 1 atom stereocenters. The average Bonchev–Trinajstić information content (AvgIpc) is 3.39. The third-order valence-corrected chi connectivity index (χ3v) is 9.29. The number of hydrogen-bond acceptors (Lipinski definition) is 8. The fourth-order valence-corrected chi connectivity index (χ4v) is 6.82. The summed E-state index contributed by atoms with van der Waals surface area (Å²) in [7, 11) is -3.85. The minimum absolute atomic E-state index is 0.0738. The molecule has 0 aliphatic carbocycles. The van der Waals surface area contributed by atoms with E-state index >= 15 is 0 Å². The second kappa shape index (κ2) is 10.9. The first-order chi connectivity index (χ1) is 19.8. The summed E-state index contributed by atoms with van der Waals surface area (Å²) < 4.78 is 29.1. The molecule has 0 saturated carbocycles. The van der Waals surface area contributed by atoms with Crippen molar-refractivity contribution in [2.24, 2.45) is 0 Å². The van der Waals surface area contributed by atoms with E-state index in [0.717, 1.165) is 18.2 Å². The SMILES string of the molecule is Nc1ccc(C(=O)N2CCC[C@@H](Nc3ncc(Br)c(-c4cn(S(=O)(=O)c5ccccc5)c5ccccc45)n3)C2)nc1. The number of carbonyl (C=O) groups excluding carboxylic acids is 1. The number of piperidine rings is 1. The molecule has 1 aliphatic rings. The first kappa shape index (κ1) is 26.9. The molecule has 5 aromatic rings. The Morgan fingerprint density at radius 2 is 1.78 bits per heavy atom. The second-order valence-corrected chi connectivity index (χ2v) is 12.4. The van der Waals surface area contributed by atoms with Crippen molar-refractivity contribution in [1.82, 2.24) is 23.8 Å². The van der Waals surface area contributed by atoms with Gasteiger partial charge in [-0.05, 0) is 59.1 Å². The highest BCUT2D eigenvalue weighted by Crippen LogP contribution is 2.36. The Balaban J connectivity index is 1.30. The first-order valence-electron chi connectivity index (χ1n) is 13.0. The number of nitrogens with zero attached hydrogens (tertiary/aromatic N) is 5. The van der Waals surface area contributed by atoms with Crippen LogP contribution < -0.4 is 11.1 Å². The second-order valence-electron chi connectivity index (χ2n) is 9.78. The van der Waals surface area contributed by atoms with E-state index in [-0.39, 0.29) is 16.8 Å². The molecule has 1 amide bonds. The predicted octanol–water partition coefficient (Wildman–Crippen LogP) is 4.79. The van der Waals surface area contributed by atoms with Gasteiger partial charge in [-0.1, -0.05) is 36.4 Å². The molecule has 0 bridgehead atoms. The van der Waals surface area contributed by atoms with Crippen LogP contribution in [0.3, 0.4) is 0 Å². The van der Waals surface area contributed by atoms with E-state index in [1.165, 1.54) is 10.2 Å². The first-order valence-corrected chi connectivity index (χ1v) is 15.3. The number of rotatable bonds is 6. The molecule has 3 N–H and O–H groups in total. The van der Waals surface area contributed by atoms with Gasteiger partial charge in [-0.25, -0.2) is 27.3 Å². The summed E-state index contributed by atoms with van der Waals surface area (Å²) in [6.07, 6.45) is 6.37. The maximum atomic E-state index is 13.6. The summed E-state index contributed by atoms with van der Waals surface area (Å²) in [5.74, 6) is 0.234. The van der Waals surface area contributed by atoms with Crippen molar-refractivity contribution < 1.29 is 13.2 Å². The van der Waals surface area contributed by atoms with Gasteiger partial charge in [-0.2, -0.15) is 0 Å². The number of likely N-dealkylation sites (tertiary alicyclic amines) is 1. The van der Waals surface area contributed by atoms with Gasteiger partial charge in [0.25, 0.3) is 15.9 Å². The molecule has 6 rings (SSSR count). The lowest BCUT2D eigenvalue weighted by Gasteiger charge is -2.33. The van der Waals surface area contributed by atoms with Crippen molar-refractivity contribution in [3.63, 3.8) is 0 Å². The summed E-state index contributed by atoms with van der Waals surface area (Å²) in [5.41, 5.74) is 8.31. The van der Waals surface area contributed by atoms with Crippen molar-refractivity contribution in [2.45, 2.75) is 23.8 Å². The molecule has 4 heterocycles. The highest BCUT2D eigenvalue weighted by Gasteiger charge is 2.27. The van der Waals surface area contributed by atoms with Crippen molar-refractivity contribution in [1.29, 1.82) is 0 Å². The normalized spacial score (nSPS) is 15.6. The number of halogens is 1. The molecule has 41 heavy (non-hydrogen) atoms. The van der Waals surface area contributed by atoms with E-state index in [0.29, 0.717) is 51.7 Å². The number of fused-ring (bicyclic) bond motifs is 1. The number of nitrogens with one attached hydrogen (secondary N) is 1. The Morgan fingerprint density at radius 1 is 1.00 bits per heavy atom. The summed E-state index contributed by atoms with van der Waals surface area (Å²) in [6.45, 7) is 1.10. The van der Waals surface area contributed by atoms with Crippen LogP contribution in [0, 0.1) is 0 Å². The van der Waals surface area contributed by atoms with Crippen LogP contribution in [0.4, 0.5) is 11.6 Å². The van der Waals surface area contributed by atoms with Crippen molar-refractivity contribution >= 4 is 54.4 Å².